The van der Waals surface area contributed by atoms with Crippen LogP contribution in [0.1, 0.15) is 11.1 Å². The minimum atomic E-state index is 1.16. The zero-order chi connectivity index (χ0) is 26.2. The Morgan fingerprint density at radius 1 is 0.385 bits per heavy atom. The Kier molecular flexibility index (Phi) is 6.07. The van der Waals surface area contributed by atoms with Gasteiger partial charge in [0, 0.05) is 4.47 Å². The quantitative estimate of drug-likeness (QED) is 0.148. The molecule has 7 aromatic rings. The van der Waals surface area contributed by atoms with Crippen molar-refractivity contribution in [2.24, 2.45) is 0 Å². The van der Waals surface area contributed by atoms with Crippen LogP contribution in [0.4, 0.5) is 0 Å². The van der Waals surface area contributed by atoms with Crippen LogP contribution in [0.3, 0.4) is 0 Å². The number of rotatable bonds is 4. The Morgan fingerprint density at radius 2 is 0.846 bits per heavy atom. The lowest BCUT2D eigenvalue weighted by Crippen LogP contribution is -1.87. The fraction of sp³-hybridized carbons (Fsp3) is 0. The second kappa shape index (κ2) is 10.0. The van der Waals surface area contributed by atoms with E-state index in [1.807, 2.05) is 0 Å². The number of fused-ring (bicyclic) bond motifs is 3. The van der Waals surface area contributed by atoms with Gasteiger partial charge in [0.05, 0.1) is 0 Å². The molecule has 0 radical (unpaired) electrons. The summed E-state index contributed by atoms with van der Waals surface area (Å²) in [6.45, 7) is 0. The summed E-state index contributed by atoms with van der Waals surface area (Å²) in [7, 11) is 0. The summed E-state index contributed by atoms with van der Waals surface area (Å²) in [5.74, 6) is 0. The van der Waals surface area contributed by atoms with Gasteiger partial charge in [-0.25, -0.2) is 0 Å². The first-order valence-electron chi connectivity index (χ1n) is 13.2. The highest BCUT2D eigenvalue weighted by Crippen LogP contribution is 2.41. The molecule has 1 heteroatoms. The standard InChI is InChI=1S/C38H25Br/c39-38-35-13-5-3-11-33(35)37(34-12-4-6-14-36(34)38)30-24-20-27(21-25-30)17-16-26-18-22-29(23-19-26)32-15-7-9-28-8-1-2-10-31(28)32/h1-25H. The Morgan fingerprint density at radius 3 is 1.44 bits per heavy atom. The third-order valence-corrected chi connectivity index (χ3v) is 8.40. The molecule has 0 N–H and O–H groups in total. The van der Waals surface area contributed by atoms with Crippen LogP contribution >= 0.6 is 15.9 Å². The average Bonchev–Trinajstić information content (AvgIpc) is 3.01. The molecule has 0 bridgehead atoms. The minimum Gasteiger partial charge on any atom is -0.0616 e. The second-order valence-electron chi connectivity index (χ2n) is 9.88. The minimum absolute atomic E-state index is 1.16. The maximum absolute atomic E-state index is 3.86. The van der Waals surface area contributed by atoms with Crippen LogP contribution in [0.5, 0.6) is 0 Å². The van der Waals surface area contributed by atoms with E-state index in [0.29, 0.717) is 0 Å². The Labute approximate surface area is 237 Å². The molecule has 0 atom stereocenters. The molecule has 7 aromatic carbocycles. The van der Waals surface area contributed by atoms with Gasteiger partial charge in [-0.1, -0.05) is 152 Å². The molecule has 0 heterocycles. The van der Waals surface area contributed by atoms with Gasteiger partial charge in [-0.2, -0.15) is 0 Å². The number of hydrogen-bond acceptors (Lipinski definition) is 0. The van der Waals surface area contributed by atoms with Crippen LogP contribution in [0.25, 0.3) is 66.7 Å². The molecule has 184 valence electrons. The fourth-order valence-electron chi connectivity index (χ4n) is 5.59. The van der Waals surface area contributed by atoms with Crippen LogP contribution in [-0.4, -0.2) is 0 Å². The summed E-state index contributed by atoms with van der Waals surface area (Å²) in [6, 6.07) is 50.1. The van der Waals surface area contributed by atoms with Gasteiger partial charge in [-0.3, -0.25) is 0 Å². The predicted octanol–water partition coefficient (Wildman–Crippen LogP) is 11.4. The zero-order valence-electron chi connectivity index (χ0n) is 21.3. The highest BCUT2D eigenvalue weighted by Gasteiger charge is 2.13. The summed E-state index contributed by atoms with van der Waals surface area (Å²) < 4.78 is 1.16. The van der Waals surface area contributed by atoms with E-state index in [4.69, 9.17) is 0 Å². The van der Waals surface area contributed by atoms with E-state index < -0.39 is 0 Å². The van der Waals surface area contributed by atoms with Crippen LogP contribution in [-0.2, 0) is 0 Å². The van der Waals surface area contributed by atoms with E-state index in [-0.39, 0.29) is 0 Å². The van der Waals surface area contributed by atoms with Gasteiger partial charge in [0.25, 0.3) is 0 Å². The first kappa shape index (κ1) is 23.6. The van der Waals surface area contributed by atoms with Crippen molar-refractivity contribution in [3.63, 3.8) is 0 Å². The topological polar surface area (TPSA) is 0 Å². The molecule has 0 fully saturated rings. The lowest BCUT2D eigenvalue weighted by molar-refractivity contribution is 1.62. The fourth-order valence-corrected chi connectivity index (χ4v) is 6.28. The van der Waals surface area contributed by atoms with Crippen LogP contribution < -0.4 is 0 Å². The molecule has 0 spiro atoms. The van der Waals surface area contributed by atoms with E-state index in [2.05, 4.69) is 168 Å². The average molecular weight is 562 g/mol. The molecule has 0 aliphatic rings. The van der Waals surface area contributed by atoms with E-state index in [1.165, 1.54) is 65.7 Å². The smallest absolute Gasteiger partial charge is 0.0332 e. The van der Waals surface area contributed by atoms with Gasteiger partial charge in [0.15, 0.2) is 0 Å². The first-order valence-corrected chi connectivity index (χ1v) is 14.0. The Balaban J connectivity index is 1.19. The first-order chi connectivity index (χ1) is 19.3. The van der Waals surface area contributed by atoms with Gasteiger partial charge in [-0.05, 0) is 81.6 Å². The molecule has 0 aliphatic heterocycles. The maximum Gasteiger partial charge on any atom is 0.0332 e. The molecule has 0 nitrogen and oxygen atoms in total. The van der Waals surface area contributed by atoms with Gasteiger partial charge in [0.2, 0.25) is 0 Å². The van der Waals surface area contributed by atoms with E-state index in [0.717, 1.165) is 4.47 Å². The highest BCUT2D eigenvalue weighted by atomic mass is 79.9. The summed E-state index contributed by atoms with van der Waals surface area (Å²) >= 11 is 3.86. The molecule has 0 saturated heterocycles. The van der Waals surface area contributed by atoms with Crippen molar-refractivity contribution in [1.29, 1.82) is 0 Å². The summed E-state index contributed by atoms with van der Waals surface area (Å²) in [5.41, 5.74) is 7.39. The van der Waals surface area contributed by atoms with Crippen molar-refractivity contribution in [1.82, 2.24) is 0 Å². The third kappa shape index (κ3) is 4.35. The summed E-state index contributed by atoms with van der Waals surface area (Å²) in [6.07, 6.45) is 4.38. The second-order valence-corrected chi connectivity index (χ2v) is 10.7. The van der Waals surface area contributed by atoms with Crippen LogP contribution in [0.2, 0.25) is 0 Å². The van der Waals surface area contributed by atoms with Crippen molar-refractivity contribution in [3.05, 3.63) is 155 Å². The van der Waals surface area contributed by atoms with Gasteiger partial charge in [0.1, 0.15) is 0 Å². The predicted molar refractivity (Wildman–Crippen MR) is 173 cm³/mol. The number of halogens is 1. The molecule has 7 rings (SSSR count). The monoisotopic (exact) mass is 560 g/mol. The Bertz CT molecular complexity index is 1930. The molecule has 0 aliphatic carbocycles. The molecule has 0 saturated carbocycles. The Hall–Kier alpha value is -4.46. The summed E-state index contributed by atoms with van der Waals surface area (Å²) in [5, 5.41) is 7.56. The normalized spacial score (nSPS) is 11.6. The van der Waals surface area contributed by atoms with Gasteiger partial charge < -0.3 is 0 Å². The van der Waals surface area contributed by atoms with Crippen molar-refractivity contribution < 1.29 is 0 Å². The largest absolute Gasteiger partial charge is 0.0616 e. The summed E-state index contributed by atoms with van der Waals surface area (Å²) in [4.78, 5) is 0. The van der Waals surface area contributed by atoms with Crippen LogP contribution in [0.15, 0.2) is 144 Å². The van der Waals surface area contributed by atoms with Crippen molar-refractivity contribution >= 4 is 60.4 Å². The van der Waals surface area contributed by atoms with Crippen LogP contribution in [0, 0.1) is 0 Å². The number of hydrogen-bond donors (Lipinski definition) is 0. The van der Waals surface area contributed by atoms with E-state index >= 15 is 0 Å². The molecule has 39 heavy (non-hydrogen) atoms. The lowest BCUT2D eigenvalue weighted by atomic mass is 9.91. The van der Waals surface area contributed by atoms with Gasteiger partial charge in [-0.15, -0.1) is 0 Å². The van der Waals surface area contributed by atoms with Crippen molar-refractivity contribution in [2.75, 3.05) is 0 Å². The van der Waals surface area contributed by atoms with Crippen molar-refractivity contribution in [2.45, 2.75) is 0 Å². The van der Waals surface area contributed by atoms with Crippen molar-refractivity contribution in [3.8, 4) is 22.3 Å². The third-order valence-electron chi connectivity index (χ3n) is 7.54. The molecular weight excluding hydrogens is 536 g/mol. The zero-order valence-corrected chi connectivity index (χ0v) is 22.9. The van der Waals surface area contributed by atoms with Gasteiger partial charge >= 0.3 is 0 Å². The molecule has 0 aromatic heterocycles. The van der Waals surface area contributed by atoms with E-state index in [9.17, 15) is 0 Å². The molecule has 0 unspecified atom stereocenters. The lowest BCUT2D eigenvalue weighted by Gasteiger charge is -2.14. The molecular formula is C38H25Br. The highest BCUT2D eigenvalue weighted by molar-refractivity contribution is 9.10. The molecule has 0 amide bonds. The maximum atomic E-state index is 3.86. The van der Waals surface area contributed by atoms with E-state index in [1.54, 1.807) is 0 Å². The SMILES string of the molecule is Brc1c2ccccc2c(-c2ccc(C=Cc3ccc(-c4cccc5ccccc45)cc3)cc2)c2ccccc12. The number of benzene rings is 7.